The van der Waals surface area contributed by atoms with Crippen molar-refractivity contribution >= 4 is 40.9 Å². The number of carbonyl (C=O) groups excluding carboxylic acids is 4. The molecule has 0 aliphatic carbocycles. The number of benzene rings is 5. The summed E-state index contributed by atoms with van der Waals surface area (Å²) in [7, 11) is 11.0. The van der Waals surface area contributed by atoms with Gasteiger partial charge in [-0.1, -0.05) is 0 Å². The van der Waals surface area contributed by atoms with Crippen LogP contribution >= 0.6 is 0 Å². The molecular formula is C51H53N3O22. The summed E-state index contributed by atoms with van der Waals surface area (Å²) in [6.45, 7) is -1.05. The van der Waals surface area contributed by atoms with E-state index >= 15 is 0 Å². The second-order valence-electron chi connectivity index (χ2n) is 15.9. The van der Waals surface area contributed by atoms with Crippen LogP contribution in [0.3, 0.4) is 0 Å². The lowest BCUT2D eigenvalue weighted by atomic mass is 9.97. The van der Waals surface area contributed by atoms with Crippen molar-refractivity contribution in [2.75, 3.05) is 82.0 Å². The Bertz CT molecular complexity index is 2910. The van der Waals surface area contributed by atoms with E-state index in [2.05, 4.69) is 5.32 Å². The molecule has 1 saturated heterocycles. The smallest absolute Gasteiger partial charge is 0.338 e. The van der Waals surface area contributed by atoms with Gasteiger partial charge in [0.1, 0.15) is 18.4 Å². The summed E-state index contributed by atoms with van der Waals surface area (Å²) in [5.41, 5.74) is -1.41. The highest BCUT2D eigenvalue weighted by Gasteiger charge is 2.54. The number of esters is 4. The number of nitro groups is 2. The summed E-state index contributed by atoms with van der Waals surface area (Å²) in [4.78, 5) is 78.7. The summed E-state index contributed by atoms with van der Waals surface area (Å²) < 4.78 is 80.1. The molecule has 0 radical (unpaired) electrons. The molecule has 25 nitrogen and oxygen atoms in total. The van der Waals surface area contributed by atoms with Crippen molar-refractivity contribution in [2.45, 2.75) is 37.1 Å². The SMILES string of the molecule is COc1ccc(C(=O)OC[C@H]2O[C@@H](OCCCNc3ccc([N+](=O)[O-])cc3[N+](=O)[O-])[C@H](OC(=O)c3ccc(OC)c(OC)c3)[C@@H](OC(=O)c3ccc(OC)c(OC)c3)[C@@H]2OC(=O)c2ccc(OC)c(OC)c2)cc1OC. The van der Waals surface area contributed by atoms with Gasteiger partial charge in [0.2, 0.25) is 0 Å². The molecule has 6 rings (SSSR count). The maximum absolute atomic E-state index is 14.5. The number of hydrogen-bond donors (Lipinski definition) is 1. The van der Waals surface area contributed by atoms with Crippen LogP contribution in [0.4, 0.5) is 17.1 Å². The molecule has 1 aliphatic rings. The number of ether oxygens (including phenoxy) is 14. The quantitative estimate of drug-likeness (QED) is 0.0210. The second-order valence-corrected chi connectivity index (χ2v) is 15.9. The van der Waals surface area contributed by atoms with Crippen molar-refractivity contribution in [3.63, 3.8) is 0 Å². The highest BCUT2D eigenvalue weighted by Crippen LogP contribution is 2.36. The molecule has 1 heterocycles. The molecule has 5 atom stereocenters. The molecule has 404 valence electrons. The van der Waals surface area contributed by atoms with Crippen LogP contribution in [0.2, 0.25) is 0 Å². The third-order valence-electron chi connectivity index (χ3n) is 11.5. The molecule has 0 unspecified atom stereocenters. The molecule has 5 aromatic carbocycles. The molecular weight excluding hydrogens is 1010 g/mol. The Morgan fingerprint density at radius 1 is 0.500 bits per heavy atom. The van der Waals surface area contributed by atoms with E-state index in [-0.39, 0.29) is 87.8 Å². The van der Waals surface area contributed by atoms with E-state index in [1.54, 1.807) is 0 Å². The minimum absolute atomic E-state index is 0.000882. The van der Waals surface area contributed by atoms with Gasteiger partial charge in [0.25, 0.3) is 11.4 Å². The molecule has 0 aromatic heterocycles. The molecule has 1 fully saturated rings. The van der Waals surface area contributed by atoms with Crippen LogP contribution in [0, 0.1) is 20.2 Å². The third-order valence-corrected chi connectivity index (χ3v) is 11.5. The van der Waals surface area contributed by atoms with Crippen LogP contribution in [-0.4, -0.2) is 141 Å². The Morgan fingerprint density at radius 3 is 1.32 bits per heavy atom. The van der Waals surface area contributed by atoms with Crippen LogP contribution in [0.15, 0.2) is 91.0 Å². The zero-order valence-electron chi connectivity index (χ0n) is 42.3. The first-order valence-corrected chi connectivity index (χ1v) is 22.7. The molecule has 1 aliphatic heterocycles. The molecule has 0 bridgehead atoms. The molecule has 25 heteroatoms. The first-order valence-electron chi connectivity index (χ1n) is 22.7. The Labute approximate surface area is 433 Å². The topological polar surface area (TPSA) is 296 Å². The fourth-order valence-electron chi connectivity index (χ4n) is 7.65. The van der Waals surface area contributed by atoms with Gasteiger partial charge in [0, 0.05) is 12.6 Å². The van der Waals surface area contributed by atoms with Crippen molar-refractivity contribution in [3.8, 4) is 46.0 Å². The van der Waals surface area contributed by atoms with Gasteiger partial charge < -0.3 is 71.6 Å². The van der Waals surface area contributed by atoms with Crippen LogP contribution < -0.4 is 43.2 Å². The van der Waals surface area contributed by atoms with Gasteiger partial charge in [-0.05, 0) is 85.3 Å². The van der Waals surface area contributed by atoms with E-state index in [0.29, 0.717) is 5.75 Å². The van der Waals surface area contributed by atoms with Gasteiger partial charge >= 0.3 is 23.9 Å². The molecule has 1 N–H and O–H groups in total. The Morgan fingerprint density at radius 2 is 0.908 bits per heavy atom. The molecule has 0 spiro atoms. The lowest BCUT2D eigenvalue weighted by Crippen LogP contribution is -2.63. The Hall–Kier alpha value is -9.10. The minimum atomic E-state index is -1.88. The van der Waals surface area contributed by atoms with Crippen molar-refractivity contribution in [1.82, 2.24) is 0 Å². The maximum atomic E-state index is 14.5. The second kappa shape index (κ2) is 26.2. The van der Waals surface area contributed by atoms with Crippen molar-refractivity contribution in [3.05, 3.63) is 133 Å². The van der Waals surface area contributed by atoms with E-state index in [9.17, 15) is 39.4 Å². The van der Waals surface area contributed by atoms with E-state index in [0.717, 1.165) is 12.1 Å². The lowest BCUT2D eigenvalue weighted by Gasteiger charge is -2.44. The van der Waals surface area contributed by atoms with E-state index in [4.69, 9.17) is 66.3 Å². The van der Waals surface area contributed by atoms with Gasteiger partial charge in [0.15, 0.2) is 70.6 Å². The van der Waals surface area contributed by atoms with E-state index in [1.807, 2.05) is 0 Å². The number of rotatable bonds is 25. The number of anilines is 1. The average molecular weight is 1060 g/mol. The number of carbonyl (C=O) groups is 4. The van der Waals surface area contributed by atoms with Gasteiger partial charge in [-0.15, -0.1) is 0 Å². The summed E-state index contributed by atoms with van der Waals surface area (Å²) >= 11 is 0. The molecule has 5 aromatic rings. The number of methoxy groups -OCH3 is 8. The number of nitrogens with one attached hydrogen (secondary N) is 1. The highest BCUT2D eigenvalue weighted by atomic mass is 16.7. The zero-order valence-corrected chi connectivity index (χ0v) is 42.3. The molecule has 0 amide bonds. The monoisotopic (exact) mass is 1060 g/mol. The average Bonchev–Trinajstić information content (AvgIpc) is 3.44. The number of nitrogens with zero attached hydrogens (tertiary/aromatic N) is 2. The number of nitro benzene ring substituents is 2. The summed E-state index contributed by atoms with van der Waals surface area (Å²) in [6.07, 6.45) is -8.83. The summed E-state index contributed by atoms with van der Waals surface area (Å²) in [6, 6.07) is 19.7. The van der Waals surface area contributed by atoms with E-state index in [1.165, 1.54) is 136 Å². The number of non-ortho nitro benzene ring substituents is 1. The fourth-order valence-corrected chi connectivity index (χ4v) is 7.65. The fraction of sp³-hybridized carbons (Fsp3) is 0.333. The van der Waals surface area contributed by atoms with Crippen molar-refractivity contribution < 1.29 is 95.3 Å². The Balaban J connectivity index is 1.44. The van der Waals surface area contributed by atoms with Gasteiger partial charge in [0.05, 0.1) is 102 Å². The minimum Gasteiger partial charge on any atom is -0.493 e. The Kier molecular flexibility index (Phi) is 19.4. The van der Waals surface area contributed by atoms with Gasteiger partial charge in [-0.3, -0.25) is 20.2 Å². The maximum Gasteiger partial charge on any atom is 0.338 e. The summed E-state index contributed by atoms with van der Waals surface area (Å²) in [5, 5.41) is 26.1. The lowest BCUT2D eigenvalue weighted by molar-refractivity contribution is -0.393. The molecule has 76 heavy (non-hydrogen) atoms. The zero-order chi connectivity index (χ0) is 55.1. The third kappa shape index (κ3) is 13.3. The normalized spacial score (nSPS) is 16.7. The largest absolute Gasteiger partial charge is 0.493 e. The predicted octanol–water partition coefficient (Wildman–Crippen LogP) is 6.65. The predicted molar refractivity (Wildman–Crippen MR) is 264 cm³/mol. The first-order chi connectivity index (χ1) is 36.6. The summed E-state index contributed by atoms with van der Waals surface area (Å²) in [5.74, 6) is -2.37. The van der Waals surface area contributed by atoms with E-state index < -0.39 is 82.4 Å². The number of hydrogen-bond acceptors (Lipinski definition) is 23. The van der Waals surface area contributed by atoms with Crippen LogP contribution in [0.1, 0.15) is 47.9 Å². The van der Waals surface area contributed by atoms with Crippen LogP contribution in [0.25, 0.3) is 0 Å². The van der Waals surface area contributed by atoms with Crippen molar-refractivity contribution in [2.24, 2.45) is 0 Å². The molecule has 0 saturated carbocycles. The van der Waals surface area contributed by atoms with Gasteiger partial charge in [-0.25, -0.2) is 19.2 Å². The van der Waals surface area contributed by atoms with Gasteiger partial charge in [-0.2, -0.15) is 0 Å². The van der Waals surface area contributed by atoms with Crippen molar-refractivity contribution in [1.29, 1.82) is 0 Å². The van der Waals surface area contributed by atoms with Crippen LogP contribution in [0.5, 0.6) is 46.0 Å². The van der Waals surface area contributed by atoms with Crippen LogP contribution in [-0.2, 0) is 28.4 Å². The standard InChI is InChI=1S/C51H53N3O22/c1-63-35-16-10-28(22-39(35)67-5)47(55)72-27-43-44(74-48(56)29-11-17-36(64-2)40(23-29)68-6)45(75-49(57)30-12-18-37(65-3)41(24-30)69-7)46(76-50(58)31-13-19-38(66-4)42(25-31)70-8)51(73-43)71-21-9-20-52-33-15-14-32(53(59)60)26-34(33)54(61)62/h10-19,22-26,43-46,51-52H,9,20-21,27H2,1-8H3/t43-,44-,45+,46-,51-/m1/s1. The first kappa shape index (κ1) is 56.2. The highest BCUT2D eigenvalue weighted by molar-refractivity contribution is 5.93.